The molecule has 1 heterocycles. The molecule has 4 nitrogen and oxygen atoms in total. The van der Waals surface area contributed by atoms with Gasteiger partial charge in [0, 0.05) is 0 Å². The van der Waals surface area contributed by atoms with Crippen LogP contribution in [0.15, 0.2) is 12.2 Å². The summed E-state index contributed by atoms with van der Waals surface area (Å²) >= 11 is 0. The molecule has 4 heteroatoms. The zero-order valence-electron chi connectivity index (χ0n) is 13.9. The molecule has 0 bridgehead atoms. The van der Waals surface area contributed by atoms with Gasteiger partial charge in [0.15, 0.2) is 0 Å². The van der Waals surface area contributed by atoms with Gasteiger partial charge in [0.25, 0.3) is 0 Å². The van der Waals surface area contributed by atoms with Crippen molar-refractivity contribution in [3.05, 3.63) is 12.2 Å². The van der Waals surface area contributed by atoms with Gasteiger partial charge >= 0.3 is 5.97 Å². The van der Waals surface area contributed by atoms with E-state index in [0.29, 0.717) is 12.8 Å². The van der Waals surface area contributed by atoms with Crippen LogP contribution in [0.5, 0.6) is 0 Å². The lowest BCUT2D eigenvalue weighted by molar-refractivity contribution is -0.151. The molecule has 3 atom stereocenters. The number of hydrogen-bond donors (Lipinski definition) is 2. The molecule has 0 aromatic heterocycles. The average molecular weight is 312 g/mol. The van der Waals surface area contributed by atoms with Gasteiger partial charge in [0.2, 0.25) is 0 Å². The van der Waals surface area contributed by atoms with Gasteiger partial charge in [-0.25, -0.2) is 0 Å². The molecular formula is C18H32O4. The quantitative estimate of drug-likeness (QED) is 0.409. The third-order valence-corrected chi connectivity index (χ3v) is 4.14. The smallest absolute Gasteiger partial charge is 0.309 e. The van der Waals surface area contributed by atoms with Crippen molar-refractivity contribution in [1.29, 1.82) is 0 Å². The fourth-order valence-electron chi connectivity index (χ4n) is 2.77. The number of aliphatic hydroxyl groups is 2. The highest BCUT2D eigenvalue weighted by atomic mass is 16.5. The van der Waals surface area contributed by atoms with Gasteiger partial charge in [0.05, 0.1) is 18.6 Å². The Balaban J connectivity index is 2.28. The molecule has 0 fully saturated rings. The van der Waals surface area contributed by atoms with E-state index in [-0.39, 0.29) is 18.5 Å². The minimum Gasteiger partial charge on any atom is -0.462 e. The van der Waals surface area contributed by atoms with Crippen LogP contribution in [0.25, 0.3) is 0 Å². The van der Waals surface area contributed by atoms with E-state index in [0.717, 1.165) is 12.8 Å². The molecule has 2 N–H and O–H groups in total. The summed E-state index contributed by atoms with van der Waals surface area (Å²) in [5, 5.41) is 19.4. The molecular weight excluding hydrogens is 280 g/mol. The first-order chi connectivity index (χ1) is 10.6. The van der Waals surface area contributed by atoms with E-state index >= 15 is 0 Å². The average Bonchev–Trinajstić information content (AvgIpc) is 2.48. The van der Waals surface area contributed by atoms with Crippen molar-refractivity contribution >= 4 is 5.97 Å². The van der Waals surface area contributed by atoms with Gasteiger partial charge in [-0.1, -0.05) is 57.6 Å². The van der Waals surface area contributed by atoms with Gasteiger partial charge in [-0.2, -0.15) is 0 Å². The van der Waals surface area contributed by atoms with Crippen molar-refractivity contribution in [3.63, 3.8) is 0 Å². The second-order valence-electron chi connectivity index (χ2n) is 6.32. The van der Waals surface area contributed by atoms with Crippen LogP contribution in [-0.2, 0) is 9.53 Å². The highest BCUT2D eigenvalue weighted by molar-refractivity contribution is 5.70. The largest absolute Gasteiger partial charge is 0.462 e. The van der Waals surface area contributed by atoms with Crippen molar-refractivity contribution in [1.82, 2.24) is 0 Å². The fourth-order valence-corrected chi connectivity index (χ4v) is 2.77. The minimum absolute atomic E-state index is 0.0310. The summed E-state index contributed by atoms with van der Waals surface area (Å²) in [5.74, 6) is -0.346. The maximum atomic E-state index is 11.7. The summed E-state index contributed by atoms with van der Waals surface area (Å²) in [5.41, 5.74) is 0. The SMILES string of the molecule is CCCCCCCCC[C@@H]1CC[C@@H](O)C=C[C@@H](O)CC(=O)O1. The van der Waals surface area contributed by atoms with Crippen LogP contribution in [0.4, 0.5) is 0 Å². The van der Waals surface area contributed by atoms with E-state index in [4.69, 9.17) is 4.74 Å². The van der Waals surface area contributed by atoms with Crippen molar-refractivity contribution < 1.29 is 19.7 Å². The number of carbonyl (C=O) groups is 1. The predicted octanol–water partition coefficient (Wildman–Crippen LogP) is 3.50. The van der Waals surface area contributed by atoms with Gasteiger partial charge < -0.3 is 14.9 Å². The number of unbranched alkanes of at least 4 members (excludes halogenated alkanes) is 6. The second kappa shape index (κ2) is 11.7. The van der Waals surface area contributed by atoms with E-state index in [2.05, 4.69) is 6.92 Å². The Bertz CT molecular complexity index is 327. The van der Waals surface area contributed by atoms with Crippen molar-refractivity contribution in [2.24, 2.45) is 0 Å². The van der Waals surface area contributed by atoms with E-state index in [1.165, 1.54) is 44.6 Å². The van der Waals surface area contributed by atoms with E-state index in [1.54, 1.807) is 6.08 Å². The van der Waals surface area contributed by atoms with E-state index in [9.17, 15) is 15.0 Å². The van der Waals surface area contributed by atoms with Gasteiger partial charge in [-0.05, 0) is 25.7 Å². The Labute approximate surface area is 134 Å². The van der Waals surface area contributed by atoms with Crippen LogP contribution in [0.3, 0.4) is 0 Å². The minimum atomic E-state index is -0.862. The van der Waals surface area contributed by atoms with Gasteiger partial charge in [0.1, 0.15) is 6.10 Å². The lowest BCUT2D eigenvalue weighted by Crippen LogP contribution is -2.24. The predicted molar refractivity (Wildman–Crippen MR) is 87.5 cm³/mol. The molecule has 1 rings (SSSR count). The number of aliphatic hydroxyl groups excluding tert-OH is 2. The second-order valence-corrected chi connectivity index (χ2v) is 6.32. The van der Waals surface area contributed by atoms with E-state index in [1.807, 2.05) is 0 Å². The first-order valence-corrected chi connectivity index (χ1v) is 8.85. The number of carbonyl (C=O) groups excluding carboxylic acids is 1. The Morgan fingerprint density at radius 3 is 2.36 bits per heavy atom. The standard InChI is InChI=1S/C18H32O4/c1-2-3-4-5-6-7-8-9-17-13-12-15(19)10-11-16(20)14-18(21)22-17/h10-11,15-17,19-20H,2-9,12-14H2,1H3/t15-,16+,17+/m0/s1. The molecule has 0 aromatic carbocycles. The summed E-state index contributed by atoms with van der Waals surface area (Å²) in [6.45, 7) is 2.22. The lowest BCUT2D eigenvalue weighted by atomic mass is 10.0. The maximum Gasteiger partial charge on any atom is 0.309 e. The lowest BCUT2D eigenvalue weighted by Gasteiger charge is -2.21. The highest BCUT2D eigenvalue weighted by Crippen LogP contribution is 2.18. The summed E-state index contributed by atoms with van der Waals surface area (Å²) in [4.78, 5) is 11.7. The summed E-state index contributed by atoms with van der Waals surface area (Å²) in [6, 6.07) is 0. The number of ether oxygens (including phenoxy) is 1. The highest BCUT2D eigenvalue weighted by Gasteiger charge is 2.19. The van der Waals surface area contributed by atoms with Gasteiger partial charge in [-0.15, -0.1) is 0 Å². The van der Waals surface area contributed by atoms with Crippen molar-refractivity contribution in [2.75, 3.05) is 0 Å². The van der Waals surface area contributed by atoms with Crippen LogP contribution in [0, 0.1) is 0 Å². The third kappa shape index (κ3) is 9.21. The molecule has 0 aliphatic carbocycles. The number of hydrogen-bond acceptors (Lipinski definition) is 4. The topological polar surface area (TPSA) is 66.8 Å². The first-order valence-electron chi connectivity index (χ1n) is 8.85. The normalized spacial score (nSPS) is 26.7. The zero-order valence-corrected chi connectivity index (χ0v) is 13.9. The fraction of sp³-hybridized carbons (Fsp3) is 0.833. The van der Waals surface area contributed by atoms with Crippen LogP contribution >= 0.6 is 0 Å². The van der Waals surface area contributed by atoms with Gasteiger partial charge in [-0.3, -0.25) is 4.79 Å². The Kier molecular flexibility index (Phi) is 10.2. The summed E-state index contributed by atoms with van der Waals surface area (Å²) in [6.07, 6.45) is 12.2. The molecule has 0 saturated carbocycles. The number of rotatable bonds is 8. The summed E-state index contributed by atoms with van der Waals surface area (Å²) < 4.78 is 5.45. The molecule has 0 aromatic rings. The van der Waals surface area contributed by atoms with Crippen LogP contribution in [0.2, 0.25) is 0 Å². The van der Waals surface area contributed by atoms with E-state index < -0.39 is 12.2 Å². The van der Waals surface area contributed by atoms with Crippen LogP contribution < -0.4 is 0 Å². The molecule has 0 radical (unpaired) electrons. The zero-order chi connectivity index (χ0) is 16.2. The molecule has 1 aliphatic heterocycles. The Hall–Kier alpha value is -0.870. The van der Waals surface area contributed by atoms with Crippen molar-refractivity contribution in [2.45, 2.75) is 95.9 Å². The molecule has 22 heavy (non-hydrogen) atoms. The van der Waals surface area contributed by atoms with Crippen molar-refractivity contribution in [3.8, 4) is 0 Å². The van der Waals surface area contributed by atoms with Crippen LogP contribution in [0.1, 0.15) is 77.6 Å². The first kappa shape index (κ1) is 19.2. The Morgan fingerprint density at radius 1 is 1.00 bits per heavy atom. The molecule has 1 aliphatic rings. The monoisotopic (exact) mass is 312 g/mol. The molecule has 0 saturated heterocycles. The number of cyclic esters (lactones) is 1. The molecule has 0 unspecified atom stereocenters. The number of esters is 1. The third-order valence-electron chi connectivity index (χ3n) is 4.14. The van der Waals surface area contributed by atoms with Crippen LogP contribution in [-0.4, -0.2) is 34.5 Å². The molecule has 128 valence electrons. The molecule has 0 amide bonds. The summed E-state index contributed by atoms with van der Waals surface area (Å²) in [7, 11) is 0. The Morgan fingerprint density at radius 2 is 1.64 bits per heavy atom. The maximum absolute atomic E-state index is 11.7. The molecule has 0 spiro atoms.